The standard InChI is InChI=1S/C26H24N4O4/c1-34-22(31)14-20(27)15-7-10-18(11-8-15)29-24(16-5-3-2-4-6-16)23-19-12-9-17(25(28)32)13-21(19)30-26(23)33/h2-13,20,29H,14,27H2,1H3,(H2,28,32)(H,30,33)/b24-23-. The largest absolute Gasteiger partial charge is 0.469 e. The van der Waals surface area contributed by atoms with Gasteiger partial charge in [-0.3, -0.25) is 14.4 Å². The van der Waals surface area contributed by atoms with Gasteiger partial charge in [0.1, 0.15) is 0 Å². The summed E-state index contributed by atoms with van der Waals surface area (Å²) >= 11 is 0. The van der Waals surface area contributed by atoms with Gasteiger partial charge in [-0.25, -0.2) is 0 Å². The topological polar surface area (TPSA) is 137 Å². The van der Waals surface area contributed by atoms with Crippen molar-refractivity contribution in [2.24, 2.45) is 11.5 Å². The van der Waals surface area contributed by atoms with Gasteiger partial charge in [-0.15, -0.1) is 0 Å². The van der Waals surface area contributed by atoms with Gasteiger partial charge in [0, 0.05) is 28.5 Å². The van der Waals surface area contributed by atoms with Crippen molar-refractivity contribution in [3.8, 4) is 0 Å². The molecule has 0 radical (unpaired) electrons. The van der Waals surface area contributed by atoms with Gasteiger partial charge in [-0.2, -0.15) is 0 Å². The van der Waals surface area contributed by atoms with Gasteiger partial charge >= 0.3 is 5.97 Å². The molecule has 8 heteroatoms. The van der Waals surface area contributed by atoms with Crippen molar-refractivity contribution in [1.82, 2.24) is 0 Å². The van der Waals surface area contributed by atoms with Gasteiger partial charge < -0.3 is 26.8 Å². The lowest BCUT2D eigenvalue weighted by molar-refractivity contribution is -0.141. The van der Waals surface area contributed by atoms with Gasteiger partial charge in [0.25, 0.3) is 5.91 Å². The molecule has 1 aliphatic rings. The number of rotatable bonds is 7. The van der Waals surface area contributed by atoms with E-state index in [0.29, 0.717) is 28.1 Å². The zero-order chi connectivity index (χ0) is 24.2. The number of methoxy groups -OCH3 is 1. The van der Waals surface area contributed by atoms with E-state index in [4.69, 9.17) is 11.5 Å². The number of carbonyl (C=O) groups excluding carboxylic acids is 3. The quantitative estimate of drug-likeness (QED) is 0.318. The molecule has 4 rings (SSSR count). The second-order valence-corrected chi connectivity index (χ2v) is 7.83. The van der Waals surface area contributed by atoms with Crippen LogP contribution in [0.1, 0.15) is 39.5 Å². The first kappa shape index (κ1) is 22.8. The van der Waals surface area contributed by atoms with Crippen LogP contribution in [0.5, 0.6) is 0 Å². The fourth-order valence-electron chi connectivity index (χ4n) is 3.80. The Morgan fingerprint density at radius 3 is 2.35 bits per heavy atom. The Hall–Kier alpha value is -4.43. The maximum atomic E-state index is 13.0. The van der Waals surface area contributed by atoms with Crippen molar-refractivity contribution in [1.29, 1.82) is 0 Å². The van der Waals surface area contributed by atoms with Crippen molar-refractivity contribution in [2.45, 2.75) is 12.5 Å². The van der Waals surface area contributed by atoms with Crippen LogP contribution < -0.4 is 22.1 Å². The molecule has 3 aromatic rings. The number of hydrogen-bond acceptors (Lipinski definition) is 6. The predicted molar refractivity (Wildman–Crippen MR) is 130 cm³/mol. The van der Waals surface area contributed by atoms with Crippen LogP contribution in [0.25, 0.3) is 11.3 Å². The van der Waals surface area contributed by atoms with Crippen LogP contribution in [0.3, 0.4) is 0 Å². The maximum absolute atomic E-state index is 13.0. The number of esters is 1. The van der Waals surface area contributed by atoms with Crippen LogP contribution in [-0.2, 0) is 14.3 Å². The van der Waals surface area contributed by atoms with Crippen LogP contribution >= 0.6 is 0 Å². The summed E-state index contributed by atoms with van der Waals surface area (Å²) in [5.74, 6) is -1.24. The van der Waals surface area contributed by atoms with E-state index in [1.54, 1.807) is 18.2 Å². The molecule has 1 atom stereocenters. The number of carbonyl (C=O) groups is 3. The Labute approximate surface area is 196 Å². The Kier molecular flexibility index (Phi) is 6.42. The third-order valence-corrected chi connectivity index (χ3v) is 5.58. The molecule has 34 heavy (non-hydrogen) atoms. The first-order valence-corrected chi connectivity index (χ1v) is 10.6. The molecule has 0 aromatic heterocycles. The molecule has 1 unspecified atom stereocenters. The molecular weight excluding hydrogens is 432 g/mol. The van der Waals surface area contributed by atoms with E-state index in [1.807, 2.05) is 54.6 Å². The summed E-state index contributed by atoms with van der Waals surface area (Å²) in [6, 6.07) is 21.2. The van der Waals surface area contributed by atoms with Crippen LogP contribution in [-0.4, -0.2) is 24.9 Å². The molecule has 0 saturated carbocycles. The number of fused-ring (bicyclic) bond motifs is 1. The summed E-state index contributed by atoms with van der Waals surface area (Å²) in [6.07, 6.45) is 0.0762. The zero-order valence-electron chi connectivity index (χ0n) is 18.5. The second kappa shape index (κ2) is 9.60. The van der Waals surface area contributed by atoms with Crippen LogP contribution in [0.4, 0.5) is 11.4 Å². The summed E-state index contributed by atoms with van der Waals surface area (Å²) in [4.78, 5) is 36.1. The Balaban J connectivity index is 1.72. The van der Waals surface area contributed by atoms with Gasteiger partial charge in [0.15, 0.2) is 0 Å². The smallest absolute Gasteiger partial charge is 0.307 e. The van der Waals surface area contributed by atoms with E-state index in [9.17, 15) is 14.4 Å². The predicted octanol–water partition coefficient (Wildman–Crippen LogP) is 3.28. The molecule has 0 bridgehead atoms. The summed E-state index contributed by atoms with van der Waals surface area (Å²) in [6.45, 7) is 0. The summed E-state index contributed by atoms with van der Waals surface area (Å²) in [5.41, 5.74) is 16.4. The Morgan fingerprint density at radius 2 is 1.71 bits per heavy atom. The highest BCUT2D eigenvalue weighted by atomic mass is 16.5. The third kappa shape index (κ3) is 4.67. The number of nitrogens with one attached hydrogen (secondary N) is 2. The minimum atomic E-state index is -0.568. The van der Waals surface area contributed by atoms with Crippen molar-refractivity contribution in [3.63, 3.8) is 0 Å². The average molecular weight is 457 g/mol. The molecule has 0 aliphatic carbocycles. The molecule has 172 valence electrons. The van der Waals surface area contributed by atoms with Gasteiger partial charge in [-0.05, 0) is 35.4 Å². The summed E-state index contributed by atoms with van der Waals surface area (Å²) < 4.78 is 4.68. The average Bonchev–Trinajstić information content (AvgIpc) is 3.17. The fourth-order valence-corrected chi connectivity index (χ4v) is 3.80. The van der Waals surface area contributed by atoms with Gasteiger partial charge in [0.05, 0.1) is 24.8 Å². The number of nitrogens with two attached hydrogens (primary N) is 2. The number of benzene rings is 3. The van der Waals surface area contributed by atoms with Crippen LogP contribution in [0, 0.1) is 0 Å². The third-order valence-electron chi connectivity index (χ3n) is 5.58. The highest BCUT2D eigenvalue weighted by molar-refractivity contribution is 6.37. The van der Waals surface area contributed by atoms with E-state index in [0.717, 1.165) is 16.8 Å². The van der Waals surface area contributed by atoms with Crippen molar-refractivity contribution in [3.05, 3.63) is 95.1 Å². The lowest BCUT2D eigenvalue weighted by atomic mass is 9.98. The molecule has 1 aliphatic heterocycles. The summed E-state index contributed by atoms with van der Waals surface area (Å²) in [7, 11) is 1.33. The summed E-state index contributed by atoms with van der Waals surface area (Å²) in [5, 5.41) is 6.18. The van der Waals surface area contributed by atoms with Crippen molar-refractivity contribution < 1.29 is 19.1 Å². The molecule has 3 aromatic carbocycles. The molecule has 8 nitrogen and oxygen atoms in total. The number of anilines is 2. The number of hydrogen-bond donors (Lipinski definition) is 4. The fraction of sp³-hybridized carbons (Fsp3) is 0.115. The Bertz CT molecular complexity index is 1280. The normalized spacial score (nSPS) is 14.6. The SMILES string of the molecule is COC(=O)CC(N)c1ccc(N/C(=C2\C(=O)Nc3cc(C(N)=O)ccc32)c2ccccc2)cc1. The number of amides is 2. The van der Waals surface area contributed by atoms with E-state index in [-0.39, 0.29) is 18.3 Å². The molecule has 6 N–H and O–H groups in total. The minimum Gasteiger partial charge on any atom is -0.469 e. The first-order valence-electron chi connectivity index (χ1n) is 10.6. The lowest BCUT2D eigenvalue weighted by Crippen LogP contribution is -2.16. The molecule has 0 fully saturated rings. The van der Waals surface area contributed by atoms with Crippen LogP contribution in [0.2, 0.25) is 0 Å². The highest BCUT2D eigenvalue weighted by Gasteiger charge is 2.29. The number of primary amides is 1. The van der Waals surface area contributed by atoms with E-state index in [2.05, 4.69) is 15.4 Å². The van der Waals surface area contributed by atoms with Crippen molar-refractivity contribution in [2.75, 3.05) is 17.7 Å². The van der Waals surface area contributed by atoms with Crippen molar-refractivity contribution >= 4 is 40.4 Å². The lowest BCUT2D eigenvalue weighted by Gasteiger charge is -2.16. The van der Waals surface area contributed by atoms with Crippen LogP contribution in [0.15, 0.2) is 72.8 Å². The minimum absolute atomic E-state index is 0.0762. The monoisotopic (exact) mass is 456 g/mol. The van der Waals surface area contributed by atoms with Gasteiger partial charge in [-0.1, -0.05) is 48.5 Å². The molecule has 0 spiro atoms. The maximum Gasteiger partial charge on any atom is 0.307 e. The van der Waals surface area contributed by atoms with E-state index < -0.39 is 11.9 Å². The number of ether oxygens (including phenoxy) is 1. The molecule has 0 saturated heterocycles. The van der Waals surface area contributed by atoms with E-state index >= 15 is 0 Å². The zero-order valence-corrected chi connectivity index (χ0v) is 18.5. The first-order chi connectivity index (χ1) is 16.4. The molecular formula is C26H24N4O4. The van der Waals surface area contributed by atoms with Gasteiger partial charge in [0.2, 0.25) is 5.91 Å². The second-order valence-electron chi connectivity index (χ2n) is 7.83. The molecule has 2 amide bonds. The Morgan fingerprint density at radius 1 is 1.00 bits per heavy atom. The molecule has 1 heterocycles. The van der Waals surface area contributed by atoms with E-state index in [1.165, 1.54) is 7.11 Å². The highest BCUT2D eigenvalue weighted by Crippen LogP contribution is 2.38.